The molecule has 4 heteroatoms. The van der Waals surface area contributed by atoms with Gasteiger partial charge in [-0.05, 0) is 68.6 Å². The van der Waals surface area contributed by atoms with Crippen molar-refractivity contribution < 1.29 is 14.6 Å². The second kappa shape index (κ2) is 4.97. The zero-order chi connectivity index (χ0) is 16.6. The Bertz CT molecular complexity index is 533. The molecule has 0 radical (unpaired) electrons. The van der Waals surface area contributed by atoms with Crippen molar-refractivity contribution in [2.75, 3.05) is 0 Å². The number of esters is 1. The molecular formula is C19H29BrO3. The van der Waals surface area contributed by atoms with E-state index in [0.717, 1.165) is 38.5 Å². The van der Waals surface area contributed by atoms with Gasteiger partial charge in [-0.1, -0.05) is 29.8 Å². The number of rotatable bonds is 0. The maximum atomic E-state index is 11.8. The molecule has 0 aromatic carbocycles. The molecule has 1 heterocycles. The summed E-state index contributed by atoms with van der Waals surface area (Å²) in [6, 6.07) is 0. The van der Waals surface area contributed by atoms with Crippen LogP contribution in [0.5, 0.6) is 0 Å². The lowest BCUT2D eigenvalue weighted by atomic mass is 9.47. The molecule has 8 atom stereocenters. The van der Waals surface area contributed by atoms with E-state index in [0.29, 0.717) is 24.2 Å². The van der Waals surface area contributed by atoms with Crippen LogP contribution >= 0.6 is 15.9 Å². The van der Waals surface area contributed by atoms with Crippen LogP contribution in [0.1, 0.15) is 65.7 Å². The molecule has 4 fully saturated rings. The van der Waals surface area contributed by atoms with Gasteiger partial charge in [0.05, 0.1) is 10.4 Å². The molecule has 3 nitrogen and oxygen atoms in total. The quantitative estimate of drug-likeness (QED) is 0.505. The predicted molar refractivity (Wildman–Crippen MR) is 92.2 cm³/mol. The molecule has 4 aliphatic rings. The highest BCUT2D eigenvalue weighted by Gasteiger charge is 2.65. The van der Waals surface area contributed by atoms with E-state index in [2.05, 4.69) is 36.7 Å². The van der Waals surface area contributed by atoms with Crippen molar-refractivity contribution in [1.29, 1.82) is 0 Å². The number of carbonyl (C=O) groups is 1. The van der Waals surface area contributed by atoms with E-state index in [1.54, 1.807) is 0 Å². The van der Waals surface area contributed by atoms with Crippen LogP contribution in [0, 0.1) is 28.6 Å². The van der Waals surface area contributed by atoms with Crippen molar-refractivity contribution in [2.45, 2.75) is 82.2 Å². The second-order valence-corrected chi connectivity index (χ2v) is 10.5. The third kappa shape index (κ3) is 2.06. The summed E-state index contributed by atoms with van der Waals surface area (Å²) in [5.74, 6) is 1.85. The summed E-state index contributed by atoms with van der Waals surface area (Å²) in [5, 5.41) is 11.0. The van der Waals surface area contributed by atoms with Crippen molar-refractivity contribution >= 4 is 21.9 Å². The SMILES string of the molecule is C[C@]12CCC(=O)O[C@@H]1C(Br)C[C@@H]1[C@@H]2CC[C@@]2(C)[C@H]1CC[C@]2(C)O. The van der Waals surface area contributed by atoms with Crippen molar-refractivity contribution in [1.82, 2.24) is 0 Å². The van der Waals surface area contributed by atoms with Gasteiger partial charge < -0.3 is 9.84 Å². The van der Waals surface area contributed by atoms with E-state index in [1.807, 2.05) is 0 Å². The number of hydrogen-bond donors (Lipinski definition) is 1. The monoisotopic (exact) mass is 384 g/mol. The van der Waals surface area contributed by atoms with Crippen molar-refractivity contribution in [3.8, 4) is 0 Å². The van der Waals surface area contributed by atoms with E-state index in [-0.39, 0.29) is 27.7 Å². The third-order valence-corrected chi connectivity index (χ3v) is 9.30. The summed E-state index contributed by atoms with van der Waals surface area (Å²) in [6.07, 6.45) is 6.97. The van der Waals surface area contributed by atoms with Crippen LogP contribution in [0.2, 0.25) is 0 Å². The van der Waals surface area contributed by atoms with Gasteiger partial charge in [-0.25, -0.2) is 0 Å². The maximum Gasteiger partial charge on any atom is 0.306 e. The number of aliphatic hydroxyl groups is 1. The van der Waals surface area contributed by atoms with Crippen LogP contribution in [0.25, 0.3) is 0 Å². The van der Waals surface area contributed by atoms with E-state index in [9.17, 15) is 9.90 Å². The van der Waals surface area contributed by atoms with Crippen LogP contribution in [0.3, 0.4) is 0 Å². The van der Waals surface area contributed by atoms with Crippen LogP contribution in [-0.4, -0.2) is 27.6 Å². The van der Waals surface area contributed by atoms with Gasteiger partial charge in [0.15, 0.2) is 0 Å². The number of ether oxygens (including phenoxy) is 1. The summed E-state index contributed by atoms with van der Waals surface area (Å²) < 4.78 is 5.80. The molecular weight excluding hydrogens is 356 g/mol. The number of alkyl halides is 1. The van der Waals surface area contributed by atoms with Gasteiger partial charge in [0.1, 0.15) is 6.10 Å². The van der Waals surface area contributed by atoms with Gasteiger partial charge in [-0.2, -0.15) is 0 Å². The highest BCUT2D eigenvalue weighted by atomic mass is 79.9. The van der Waals surface area contributed by atoms with Crippen LogP contribution in [-0.2, 0) is 9.53 Å². The number of halogens is 1. The normalized spacial score (nSPS) is 58.8. The fourth-order valence-corrected chi connectivity index (χ4v) is 7.94. The van der Waals surface area contributed by atoms with Gasteiger partial charge in [-0.3, -0.25) is 4.79 Å². The minimum absolute atomic E-state index is 0.0243. The van der Waals surface area contributed by atoms with Crippen LogP contribution in [0.4, 0.5) is 0 Å². The molecule has 0 bridgehead atoms. The Hall–Kier alpha value is -0.0900. The predicted octanol–water partition coefficient (Wildman–Crippen LogP) is 4.06. The Morgan fingerprint density at radius 2 is 1.83 bits per heavy atom. The molecule has 3 saturated carbocycles. The molecule has 130 valence electrons. The maximum absolute atomic E-state index is 11.8. The molecule has 0 aromatic heterocycles. The Kier molecular flexibility index (Phi) is 3.54. The average Bonchev–Trinajstić information content (AvgIpc) is 2.72. The first-order valence-electron chi connectivity index (χ1n) is 9.25. The molecule has 1 saturated heterocycles. The molecule has 0 spiro atoms. The summed E-state index contributed by atoms with van der Waals surface area (Å²) in [6.45, 7) is 6.72. The molecule has 3 aliphatic carbocycles. The van der Waals surface area contributed by atoms with E-state index < -0.39 is 5.60 Å². The zero-order valence-electron chi connectivity index (χ0n) is 14.5. The highest BCUT2D eigenvalue weighted by molar-refractivity contribution is 9.09. The summed E-state index contributed by atoms with van der Waals surface area (Å²) in [4.78, 5) is 12.1. The van der Waals surface area contributed by atoms with Gasteiger partial charge >= 0.3 is 5.97 Å². The molecule has 0 aromatic rings. The largest absolute Gasteiger partial charge is 0.461 e. The first-order chi connectivity index (χ1) is 10.7. The molecule has 0 amide bonds. The first kappa shape index (κ1) is 16.4. The Balaban J connectivity index is 1.69. The van der Waals surface area contributed by atoms with Gasteiger partial charge in [-0.15, -0.1) is 0 Å². The number of hydrogen-bond acceptors (Lipinski definition) is 3. The molecule has 1 unspecified atom stereocenters. The lowest BCUT2D eigenvalue weighted by Gasteiger charge is -2.61. The van der Waals surface area contributed by atoms with Gasteiger partial charge in [0, 0.05) is 11.8 Å². The third-order valence-electron chi connectivity index (χ3n) is 8.45. The summed E-state index contributed by atoms with van der Waals surface area (Å²) in [7, 11) is 0. The smallest absolute Gasteiger partial charge is 0.306 e. The van der Waals surface area contributed by atoms with E-state index >= 15 is 0 Å². The van der Waals surface area contributed by atoms with Crippen molar-refractivity contribution in [2.24, 2.45) is 28.6 Å². The minimum Gasteiger partial charge on any atom is -0.461 e. The Morgan fingerprint density at radius 3 is 2.57 bits per heavy atom. The van der Waals surface area contributed by atoms with Gasteiger partial charge in [0.2, 0.25) is 0 Å². The summed E-state index contributed by atoms with van der Waals surface area (Å²) in [5.41, 5.74) is -0.378. The molecule has 4 rings (SSSR count). The number of fused-ring (bicyclic) bond motifs is 5. The molecule has 1 aliphatic heterocycles. The Labute approximate surface area is 147 Å². The van der Waals surface area contributed by atoms with E-state index in [4.69, 9.17) is 4.74 Å². The fraction of sp³-hybridized carbons (Fsp3) is 0.947. The van der Waals surface area contributed by atoms with Crippen LogP contribution in [0.15, 0.2) is 0 Å². The highest BCUT2D eigenvalue weighted by Crippen LogP contribution is 2.67. The Morgan fingerprint density at radius 1 is 1.13 bits per heavy atom. The standard InChI is InChI=1S/C19H29BrO3/c1-17-7-6-15(21)23-16(17)14(20)10-11-12(17)4-8-18(2)13(11)5-9-19(18,3)22/h11-14,16,22H,4-10H2,1-3H3/t11-,12+,13+,14?,16-,17-,18+,19+/m1/s1. The fourth-order valence-electron chi connectivity index (χ4n) is 6.79. The molecule has 23 heavy (non-hydrogen) atoms. The van der Waals surface area contributed by atoms with E-state index in [1.165, 1.54) is 0 Å². The first-order valence-corrected chi connectivity index (χ1v) is 10.2. The average molecular weight is 385 g/mol. The summed E-state index contributed by atoms with van der Waals surface area (Å²) >= 11 is 3.86. The van der Waals surface area contributed by atoms with Crippen molar-refractivity contribution in [3.63, 3.8) is 0 Å². The topological polar surface area (TPSA) is 46.5 Å². The minimum atomic E-state index is -0.527. The van der Waals surface area contributed by atoms with Crippen LogP contribution < -0.4 is 0 Å². The van der Waals surface area contributed by atoms with Crippen molar-refractivity contribution in [3.05, 3.63) is 0 Å². The lowest BCUT2D eigenvalue weighted by molar-refractivity contribution is -0.194. The zero-order valence-corrected chi connectivity index (χ0v) is 16.1. The lowest BCUT2D eigenvalue weighted by Crippen LogP contribution is -2.61. The van der Waals surface area contributed by atoms with Gasteiger partial charge in [0.25, 0.3) is 0 Å². The molecule has 1 N–H and O–H groups in total. The number of carbonyl (C=O) groups excluding carboxylic acids is 1. The second-order valence-electron chi connectivity index (χ2n) is 9.31.